The van der Waals surface area contributed by atoms with Gasteiger partial charge in [-0.3, -0.25) is 9.89 Å². The van der Waals surface area contributed by atoms with Crippen LogP contribution in [-0.4, -0.2) is 65.8 Å². The van der Waals surface area contributed by atoms with E-state index in [1.165, 1.54) is 16.5 Å². The van der Waals surface area contributed by atoms with Crippen LogP contribution in [0.4, 0.5) is 13.2 Å². The summed E-state index contributed by atoms with van der Waals surface area (Å²) in [5, 5.41) is 7.05. The summed E-state index contributed by atoms with van der Waals surface area (Å²) < 4.78 is 66.2. The largest absolute Gasteiger partial charge is 0.413 e. The second kappa shape index (κ2) is 7.94. The molecular weight excluding hydrogens is 469 g/mol. The first-order valence-corrected chi connectivity index (χ1v) is 13.5. The van der Waals surface area contributed by atoms with Crippen LogP contribution in [0, 0.1) is 23.2 Å². The molecule has 186 valence electrons. The van der Waals surface area contributed by atoms with Crippen molar-refractivity contribution >= 4 is 15.9 Å². The SMILES string of the molecule is CC1(C2C[C@@H]3CN(C(=O)c4n[nH]c5c4CCN(S(C)(=O)=O)C5)C[C@@H]3C2)CC=CC=C1C(F)(F)F. The number of fused-ring (bicyclic) bond motifs is 2. The van der Waals surface area contributed by atoms with Crippen molar-refractivity contribution in [3.05, 3.63) is 40.8 Å². The van der Waals surface area contributed by atoms with Gasteiger partial charge in [-0.1, -0.05) is 25.2 Å². The highest BCUT2D eigenvalue weighted by atomic mass is 32.2. The Balaban J connectivity index is 1.27. The number of nitrogens with zero attached hydrogens (tertiary/aromatic N) is 3. The summed E-state index contributed by atoms with van der Waals surface area (Å²) in [6, 6.07) is 0. The van der Waals surface area contributed by atoms with Gasteiger partial charge in [-0.15, -0.1) is 0 Å². The van der Waals surface area contributed by atoms with Gasteiger partial charge in [-0.25, -0.2) is 8.42 Å². The van der Waals surface area contributed by atoms with E-state index in [9.17, 15) is 26.4 Å². The number of aromatic nitrogens is 2. The van der Waals surface area contributed by atoms with Crippen molar-refractivity contribution in [3.8, 4) is 0 Å². The van der Waals surface area contributed by atoms with Crippen molar-refractivity contribution in [2.45, 2.75) is 45.3 Å². The minimum Gasteiger partial charge on any atom is -0.337 e. The van der Waals surface area contributed by atoms with E-state index in [0.717, 1.165) is 11.8 Å². The van der Waals surface area contributed by atoms with E-state index in [1.807, 2.05) is 6.08 Å². The molecule has 1 N–H and O–H groups in total. The average Bonchev–Trinajstić information content (AvgIpc) is 3.44. The van der Waals surface area contributed by atoms with Crippen LogP contribution in [-0.2, 0) is 23.0 Å². The van der Waals surface area contributed by atoms with Gasteiger partial charge in [0.05, 0.1) is 18.5 Å². The molecule has 0 bridgehead atoms. The number of likely N-dealkylation sites (tertiary alicyclic amines) is 1. The monoisotopic (exact) mass is 498 g/mol. The molecule has 34 heavy (non-hydrogen) atoms. The highest BCUT2D eigenvalue weighted by Crippen LogP contribution is 2.56. The van der Waals surface area contributed by atoms with Gasteiger partial charge in [0.15, 0.2) is 5.69 Å². The number of carbonyl (C=O) groups is 1. The molecule has 2 unspecified atom stereocenters. The number of sulfonamides is 1. The number of alkyl halides is 3. The second-order valence-electron chi connectivity index (χ2n) is 10.4. The van der Waals surface area contributed by atoms with Gasteiger partial charge < -0.3 is 4.90 Å². The first-order valence-electron chi connectivity index (χ1n) is 11.6. The first-order chi connectivity index (χ1) is 15.9. The lowest BCUT2D eigenvalue weighted by molar-refractivity contribution is -0.111. The first kappa shape index (κ1) is 23.6. The van der Waals surface area contributed by atoms with E-state index in [1.54, 1.807) is 11.8 Å². The van der Waals surface area contributed by atoms with E-state index in [4.69, 9.17) is 0 Å². The number of halogens is 3. The van der Waals surface area contributed by atoms with Crippen LogP contribution >= 0.6 is 0 Å². The summed E-state index contributed by atoms with van der Waals surface area (Å²) in [6.07, 6.45) is 3.52. The molecule has 2 fully saturated rings. The Bertz CT molecular complexity index is 1160. The Hall–Kier alpha value is -2.14. The number of aromatic amines is 1. The van der Waals surface area contributed by atoms with Crippen LogP contribution in [0.1, 0.15) is 47.9 Å². The molecule has 4 aliphatic rings. The number of carbonyl (C=O) groups excluding carboxylic acids is 1. The number of rotatable bonds is 3. The maximum Gasteiger partial charge on any atom is 0.413 e. The zero-order valence-corrected chi connectivity index (χ0v) is 20.0. The third-order valence-electron chi connectivity index (χ3n) is 8.37. The molecule has 3 heterocycles. The van der Waals surface area contributed by atoms with Gasteiger partial charge in [0, 0.05) is 36.2 Å². The van der Waals surface area contributed by atoms with Gasteiger partial charge in [-0.2, -0.15) is 22.6 Å². The Morgan fingerprint density at radius 2 is 1.91 bits per heavy atom. The molecule has 4 atom stereocenters. The Kier molecular flexibility index (Phi) is 5.51. The maximum atomic E-state index is 13.7. The zero-order chi connectivity index (χ0) is 24.5. The van der Waals surface area contributed by atoms with Crippen molar-refractivity contribution in [2.75, 3.05) is 25.9 Å². The number of allylic oxidation sites excluding steroid dienone is 4. The summed E-state index contributed by atoms with van der Waals surface area (Å²) in [4.78, 5) is 15.0. The number of amides is 1. The van der Waals surface area contributed by atoms with Crippen LogP contribution in [0.3, 0.4) is 0 Å². The Labute approximate surface area is 197 Å². The minimum absolute atomic E-state index is 0.0716. The van der Waals surface area contributed by atoms with Crippen molar-refractivity contribution in [3.63, 3.8) is 0 Å². The van der Waals surface area contributed by atoms with Crippen molar-refractivity contribution < 1.29 is 26.4 Å². The summed E-state index contributed by atoms with van der Waals surface area (Å²) in [5.74, 6) is 0.111. The van der Waals surface area contributed by atoms with Gasteiger partial charge in [0.25, 0.3) is 5.91 Å². The molecule has 0 radical (unpaired) electrons. The number of hydrogen-bond donors (Lipinski definition) is 1. The van der Waals surface area contributed by atoms with Crippen LogP contribution < -0.4 is 0 Å². The third-order valence-corrected chi connectivity index (χ3v) is 9.62. The molecule has 1 aromatic heterocycles. The van der Waals surface area contributed by atoms with E-state index in [0.29, 0.717) is 56.7 Å². The molecule has 2 aliphatic carbocycles. The zero-order valence-electron chi connectivity index (χ0n) is 19.2. The molecule has 1 amide bonds. The fourth-order valence-corrected chi connectivity index (χ4v) is 7.26. The smallest absolute Gasteiger partial charge is 0.337 e. The fraction of sp³-hybridized carbons (Fsp3) is 0.652. The van der Waals surface area contributed by atoms with Gasteiger partial charge in [0.2, 0.25) is 10.0 Å². The predicted molar refractivity (Wildman–Crippen MR) is 119 cm³/mol. The number of H-pyrrole nitrogens is 1. The van der Waals surface area contributed by atoms with E-state index < -0.39 is 27.2 Å². The summed E-state index contributed by atoms with van der Waals surface area (Å²) >= 11 is 0. The molecular formula is C23H29F3N4O3S. The molecule has 7 nitrogen and oxygen atoms in total. The van der Waals surface area contributed by atoms with Gasteiger partial charge >= 0.3 is 6.18 Å². The molecule has 1 saturated carbocycles. The van der Waals surface area contributed by atoms with E-state index in [2.05, 4.69) is 10.2 Å². The lowest BCUT2D eigenvalue weighted by atomic mass is 9.66. The van der Waals surface area contributed by atoms with Crippen LogP contribution in [0.2, 0.25) is 0 Å². The quantitative estimate of drug-likeness (QED) is 0.693. The van der Waals surface area contributed by atoms with Gasteiger partial charge in [0.1, 0.15) is 0 Å². The van der Waals surface area contributed by atoms with Crippen molar-refractivity contribution in [1.29, 1.82) is 0 Å². The lowest BCUT2D eigenvalue weighted by Crippen LogP contribution is -2.38. The fourth-order valence-electron chi connectivity index (χ4n) is 6.47. The van der Waals surface area contributed by atoms with Crippen LogP contribution in [0.25, 0.3) is 0 Å². The van der Waals surface area contributed by atoms with Gasteiger partial charge in [-0.05, 0) is 43.4 Å². The average molecular weight is 499 g/mol. The standard InChI is InChI=1S/C23H29F3N4O3S/c1-22(7-4-3-5-19(22)23(24,25)26)16-9-14-11-29(12-15(14)10-16)21(31)20-17-6-8-30(34(2,32)33)13-18(17)27-28-20/h3-5,14-16H,6-13H2,1-2H3,(H,27,28)/t14-,15+,16?,22?. The summed E-state index contributed by atoms with van der Waals surface area (Å²) in [5.41, 5.74) is 0.377. The molecule has 0 aromatic carbocycles. The molecule has 1 aromatic rings. The van der Waals surface area contributed by atoms with E-state index >= 15 is 0 Å². The molecule has 0 spiro atoms. The third kappa shape index (κ3) is 3.90. The van der Waals surface area contributed by atoms with Crippen LogP contribution in [0.15, 0.2) is 23.8 Å². The summed E-state index contributed by atoms with van der Waals surface area (Å²) in [7, 11) is -3.33. The lowest BCUT2D eigenvalue weighted by Gasteiger charge is -2.40. The minimum atomic E-state index is -4.34. The second-order valence-corrected chi connectivity index (χ2v) is 12.4. The molecule has 1 saturated heterocycles. The maximum absolute atomic E-state index is 13.7. The number of hydrogen-bond acceptors (Lipinski definition) is 4. The molecule has 2 aliphatic heterocycles. The van der Waals surface area contributed by atoms with Crippen molar-refractivity contribution in [2.24, 2.45) is 23.2 Å². The molecule has 5 rings (SSSR count). The van der Waals surface area contributed by atoms with E-state index in [-0.39, 0.29) is 30.2 Å². The van der Waals surface area contributed by atoms with Crippen molar-refractivity contribution in [1.82, 2.24) is 19.4 Å². The summed E-state index contributed by atoms with van der Waals surface area (Å²) in [6.45, 7) is 3.26. The topological polar surface area (TPSA) is 86.4 Å². The van der Waals surface area contributed by atoms with Crippen LogP contribution in [0.5, 0.6) is 0 Å². The normalized spacial score (nSPS) is 32.0. The Morgan fingerprint density at radius 1 is 1.24 bits per heavy atom. The Morgan fingerprint density at radius 3 is 2.53 bits per heavy atom. The molecule has 11 heteroatoms. The highest BCUT2D eigenvalue weighted by molar-refractivity contribution is 7.88. The highest BCUT2D eigenvalue weighted by Gasteiger charge is 2.54. The number of nitrogens with one attached hydrogen (secondary N) is 1. The predicted octanol–water partition coefficient (Wildman–Crippen LogP) is 3.28.